The third kappa shape index (κ3) is 3.90. The molecule has 4 aliphatic rings. The molecule has 156 valence electrons. The van der Waals surface area contributed by atoms with Gasteiger partial charge in [0.1, 0.15) is 0 Å². The molecule has 0 saturated heterocycles. The van der Waals surface area contributed by atoms with Gasteiger partial charge in [-0.2, -0.15) is 0 Å². The first-order chi connectivity index (χ1) is 13.1. The number of fused-ring (bicyclic) bond motifs is 2. The average molecular weight is 373 g/mol. The van der Waals surface area contributed by atoms with Gasteiger partial charge in [-0.1, -0.05) is 79.1 Å². The quantitative estimate of drug-likeness (QED) is 0.457. The van der Waals surface area contributed by atoms with Gasteiger partial charge in [0, 0.05) is 0 Å². The molecule has 0 heterocycles. The maximum Gasteiger partial charge on any atom is -0.0352 e. The summed E-state index contributed by atoms with van der Waals surface area (Å²) in [4.78, 5) is 0. The highest BCUT2D eigenvalue weighted by Crippen LogP contribution is 2.58. The van der Waals surface area contributed by atoms with Gasteiger partial charge in [0.05, 0.1) is 0 Å². The first kappa shape index (κ1) is 20.3. The van der Waals surface area contributed by atoms with Gasteiger partial charge in [-0.3, -0.25) is 0 Å². The van der Waals surface area contributed by atoms with Crippen LogP contribution in [0.25, 0.3) is 0 Å². The second-order valence-electron chi connectivity index (χ2n) is 11.6. The Labute approximate surface area is 170 Å². The van der Waals surface area contributed by atoms with Gasteiger partial charge in [-0.05, 0) is 91.3 Å². The first-order valence-electron chi connectivity index (χ1n) is 13.1. The molecule has 9 atom stereocenters. The first-order valence-corrected chi connectivity index (χ1v) is 13.1. The fourth-order valence-corrected chi connectivity index (χ4v) is 8.99. The Balaban J connectivity index is 1.49. The molecule has 0 amide bonds. The Bertz CT molecular complexity index is 447. The van der Waals surface area contributed by atoms with Crippen molar-refractivity contribution in [2.24, 2.45) is 59.2 Å². The Morgan fingerprint density at radius 1 is 0.407 bits per heavy atom. The van der Waals surface area contributed by atoms with Crippen molar-refractivity contribution in [2.75, 3.05) is 0 Å². The molecular weight excluding hydrogens is 324 g/mol. The molecule has 0 nitrogen and oxygen atoms in total. The summed E-state index contributed by atoms with van der Waals surface area (Å²) < 4.78 is 0. The van der Waals surface area contributed by atoms with E-state index in [1.54, 1.807) is 32.1 Å². The Morgan fingerprint density at radius 2 is 0.815 bits per heavy atom. The lowest BCUT2D eigenvalue weighted by Gasteiger charge is -2.33. The Kier molecular flexibility index (Phi) is 6.60. The second kappa shape index (κ2) is 8.79. The summed E-state index contributed by atoms with van der Waals surface area (Å²) in [6.07, 6.45) is 19.9. The predicted molar refractivity (Wildman–Crippen MR) is 118 cm³/mol. The van der Waals surface area contributed by atoms with E-state index >= 15 is 0 Å². The van der Waals surface area contributed by atoms with Crippen LogP contribution < -0.4 is 0 Å². The molecule has 0 aliphatic heterocycles. The van der Waals surface area contributed by atoms with Gasteiger partial charge in [-0.25, -0.2) is 0 Å². The van der Waals surface area contributed by atoms with E-state index in [0.717, 1.165) is 59.2 Å². The van der Waals surface area contributed by atoms with Crippen LogP contribution >= 0.6 is 0 Å². The van der Waals surface area contributed by atoms with E-state index in [-0.39, 0.29) is 0 Å². The highest BCUT2D eigenvalue weighted by Gasteiger charge is 2.50. The zero-order chi connectivity index (χ0) is 19.0. The van der Waals surface area contributed by atoms with Crippen LogP contribution in [0, 0.1) is 59.2 Å². The average Bonchev–Trinajstić information content (AvgIpc) is 2.94. The van der Waals surface area contributed by atoms with E-state index in [4.69, 9.17) is 0 Å². The molecular formula is C27H48. The predicted octanol–water partition coefficient (Wildman–Crippen LogP) is 8.35. The highest BCUT2D eigenvalue weighted by atomic mass is 14.6. The molecule has 0 N–H and O–H groups in total. The van der Waals surface area contributed by atoms with Crippen LogP contribution in [0.1, 0.15) is 111 Å². The maximum absolute atomic E-state index is 2.67. The monoisotopic (exact) mass is 372 g/mol. The SMILES string of the molecule is CC1C(CC2C(C)C(C)C3CCCCCCC32)C(C)C2CCCCCCC12. The summed E-state index contributed by atoms with van der Waals surface area (Å²) in [6.45, 7) is 10.6. The molecule has 0 aromatic carbocycles. The lowest BCUT2D eigenvalue weighted by molar-refractivity contribution is 0.167. The van der Waals surface area contributed by atoms with Crippen LogP contribution in [0.2, 0.25) is 0 Å². The molecule has 0 heteroatoms. The van der Waals surface area contributed by atoms with Gasteiger partial charge < -0.3 is 0 Å². The van der Waals surface area contributed by atoms with E-state index in [1.165, 1.54) is 51.4 Å². The highest BCUT2D eigenvalue weighted by molar-refractivity contribution is 4.99. The molecule has 0 bridgehead atoms. The van der Waals surface area contributed by atoms with Crippen LogP contribution in [-0.2, 0) is 0 Å². The summed E-state index contributed by atoms with van der Waals surface area (Å²) in [5.74, 6) is 10.3. The second-order valence-corrected chi connectivity index (χ2v) is 11.6. The Hall–Kier alpha value is 0. The molecule has 4 aliphatic carbocycles. The van der Waals surface area contributed by atoms with Gasteiger partial charge in [0.2, 0.25) is 0 Å². The van der Waals surface area contributed by atoms with Gasteiger partial charge in [0.15, 0.2) is 0 Å². The number of hydrogen-bond acceptors (Lipinski definition) is 0. The van der Waals surface area contributed by atoms with Gasteiger partial charge >= 0.3 is 0 Å². The fourth-order valence-electron chi connectivity index (χ4n) is 8.99. The van der Waals surface area contributed by atoms with Crippen molar-refractivity contribution in [1.82, 2.24) is 0 Å². The van der Waals surface area contributed by atoms with E-state index in [2.05, 4.69) is 27.7 Å². The number of rotatable bonds is 2. The van der Waals surface area contributed by atoms with Crippen molar-refractivity contribution in [2.45, 2.75) is 111 Å². The van der Waals surface area contributed by atoms with Crippen molar-refractivity contribution in [1.29, 1.82) is 0 Å². The van der Waals surface area contributed by atoms with E-state index in [0.29, 0.717) is 0 Å². The van der Waals surface area contributed by atoms with Crippen molar-refractivity contribution < 1.29 is 0 Å². The minimum atomic E-state index is 0.977. The molecule has 0 aromatic heterocycles. The van der Waals surface area contributed by atoms with E-state index < -0.39 is 0 Å². The summed E-state index contributed by atoms with van der Waals surface area (Å²) in [7, 11) is 0. The van der Waals surface area contributed by atoms with E-state index in [1.807, 2.05) is 0 Å². The molecule has 4 fully saturated rings. The molecule has 0 spiro atoms. The van der Waals surface area contributed by atoms with E-state index in [9.17, 15) is 0 Å². The van der Waals surface area contributed by atoms with Crippen molar-refractivity contribution in [3.63, 3.8) is 0 Å². The molecule has 4 rings (SSSR count). The number of hydrogen-bond donors (Lipinski definition) is 0. The third-order valence-electron chi connectivity index (χ3n) is 10.7. The van der Waals surface area contributed by atoms with Crippen LogP contribution in [0.15, 0.2) is 0 Å². The summed E-state index contributed by atoms with van der Waals surface area (Å²) in [6, 6.07) is 0. The normalized spacial score (nSPS) is 51.6. The minimum absolute atomic E-state index is 0.977. The summed E-state index contributed by atoms with van der Waals surface area (Å²) in [5.41, 5.74) is 0. The maximum atomic E-state index is 2.67. The van der Waals surface area contributed by atoms with Crippen LogP contribution in [-0.4, -0.2) is 0 Å². The summed E-state index contributed by atoms with van der Waals surface area (Å²) >= 11 is 0. The molecule has 0 aromatic rings. The third-order valence-corrected chi connectivity index (χ3v) is 10.7. The molecule has 0 radical (unpaired) electrons. The minimum Gasteiger partial charge on any atom is -0.0620 e. The Morgan fingerprint density at radius 3 is 1.30 bits per heavy atom. The lowest BCUT2D eigenvalue weighted by Crippen LogP contribution is -2.25. The van der Waals surface area contributed by atoms with Crippen molar-refractivity contribution >= 4 is 0 Å². The van der Waals surface area contributed by atoms with Crippen LogP contribution in [0.5, 0.6) is 0 Å². The van der Waals surface area contributed by atoms with Gasteiger partial charge in [0.25, 0.3) is 0 Å². The summed E-state index contributed by atoms with van der Waals surface area (Å²) in [5, 5.41) is 0. The molecule has 9 unspecified atom stereocenters. The van der Waals surface area contributed by atoms with Crippen molar-refractivity contribution in [3.05, 3.63) is 0 Å². The topological polar surface area (TPSA) is 0 Å². The molecule has 4 saturated carbocycles. The smallest absolute Gasteiger partial charge is 0.0352 e. The van der Waals surface area contributed by atoms with Crippen LogP contribution in [0.4, 0.5) is 0 Å². The standard InChI is InChI=1S/C27H48/c1-18-19(2)27(25-16-12-8-7-9-13-22(18)25)17-26-20(3)23-14-10-5-6-11-15-24(23)21(26)4/h18-27H,5-17H2,1-4H3. The van der Waals surface area contributed by atoms with Crippen LogP contribution in [0.3, 0.4) is 0 Å². The van der Waals surface area contributed by atoms with Crippen molar-refractivity contribution in [3.8, 4) is 0 Å². The largest absolute Gasteiger partial charge is 0.0620 e. The van der Waals surface area contributed by atoms with Gasteiger partial charge in [-0.15, -0.1) is 0 Å². The zero-order valence-corrected chi connectivity index (χ0v) is 19.0. The fraction of sp³-hybridized carbons (Fsp3) is 1.00. The lowest BCUT2D eigenvalue weighted by atomic mass is 9.73. The zero-order valence-electron chi connectivity index (χ0n) is 19.0. The molecule has 27 heavy (non-hydrogen) atoms.